The predicted octanol–water partition coefficient (Wildman–Crippen LogP) is 7.01. The van der Waals surface area contributed by atoms with Crippen LogP contribution in [0.4, 0.5) is 8.78 Å². The smallest absolute Gasteiger partial charge is 0.375 e. The molecule has 1 N–H and O–H groups in total. The first-order valence-electron chi connectivity index (χ1n) is 18.4. The average Bonchev–Trinajstić information content (AvgIpc) is 3.81. The highest BCUT2D eigenvalue weighted by Crippen LogP contribution is 2.72. The van der Waals surface area contributed by atoms with Crippen molar-refractivity contribution in [2.45, 2.75) is 104 Å². The number of ether oxygens (including phenoxy) is 2. The van der Waals surface area contributed by atoms with Crippen LogP contribution in [0.25, 0.3) is 0 Å². The molecule has 12 atom stereocenters. The number of aliphatic hydroxyl groups excluding tert-OH is 1. The van der Waals surface area contributed by atoms with Crippen LogP contribution in [0, 0.1) is 63.1 Å². The van der Waals surface area contributed by atoms with Gasteiger partial charge in [-0.05, 0) is 98.0 Å². The standard InChI is InChI=1S/C41H48F2O8S/c1-23-18-26-27-21-30(42)28-20-25(44)12-14-38(28,5)40(27,43)32(45)22-39(26,6)41(23,51-34(47)31-10-9-16-49-31)35(48)52-17-8-7-15-50-33(46)29-19-24-11-13-37(29,4)36(24,2)3/h9-10,12,14,16,20,23-24,26-27,29-30,32,45H,11,13,15,17-19,21-22H2,1-6H3/t23-,24?,26+,27+,29?,30+,32+,37+,38+,39+,40+,41+/m1/s1. The lowest BCUT2D eigenvalue weighted by Crippen LogP contribution is -2.70. The average molecular weight is 739 g/mol. The Balaban J connectivity index is 1.13. The largest absolute Gasteiger partial charge is 0.457 e. The zero-order valence-corrected chi connectivity index (χ0v) is 31.4. The molecular formula is C41H48F2O8S. The van der Waals surface area contributed by atoms with Gasteiger partial charge < -0.3 is 19.0 Å². The van der Waals surface area contributed by atoms with Crippen molar-refractivity contribution in [3.63, 3.8) is 0 Å². The molecule has 2 bridgehead atoms. The number of hydrogen-bond acceptors (Lipinski definition) is 9. The number of hydrogen-bond donors (Lipinski definition) is 1. The molecule has 1 aromatic heterocycles. The Kier molecular flexibility index (Phi) is 8.85. The second kappa shape index (κ2) is 12.4. The lowest BCUT2D eigenvalue weighted by atomic mass is 9.44. The van der Waals surface area contributed by atoms with E-state index >= 15 is 8.78 Å². The molecule has 8 nitrogen and oxygen atoms in total. The molecule has 0 spiro atoms. The van der Waals surface area contributed by atoms with Gasteiger partial charge in [0.25, 0.3) is 0 Å². The van der Waals surface area contributed by atoms with Crippen molar-refractivity contribution in [1.82, 2.24) is 0 Å². The van der Waals surface area contributed by atoms with E-state index in [1.54, 1.807) is 13.8 Å². The van der Waals surface area contributed by atoms with Crippen LogP contribution in [-0.2, 0) is 23.9 Å². The van der Waals surface area contributed by atoms with E-state index in [-0.39, 0.29) is 65.7 Å². The highest BCUT2D eigenvalue weighted by Gasteiger charge is 2.78. The number of ketones is 1. The van der Waals surface area contributed by atoms with Gasteiger partial charge in [-0.2, -0.15) is 0 Å². The summed E-state index contributed by atoms with van der Waals surface area (Å²) in [6.45, 7) is 11.5. The summed E-state index contributed by atoms with van der Waals surface area (Å²) in [5.41, 5.74) is -7.14. The van der Waals surface area contributed by atoms with E-state index in [2.05, 4.69) is 32.6 Å². The van der Waals surface area contributed by atoms with E-state index in [0.717, 1.165) is 37.1 Å². The molecular weight excluding hydrogens is 691 g/mol. The minimum atomic E-state index is -2.35. The normalized spacial score (nSPS) is 43.8. The number of esters is 2. The summed E-state index contributed by atoms with van der Waals surface area (Å²) in [6.07, 6.45) is 4.30. The number of furan rings is 1. The molecule has 5 fully saturated rings. The topological polar surface area (TPSA) is 120 Å². The van der Waals surface area contributed by atoms with E-state index in [0.29, 0.717) is 5.92 Å². The Morgan fingerprint density at radius 2 is 1.83 bits per heavy atom. The van der Waals surface area contributed by atoms with Gasteiger partial charge in [0.05, 0.1) is 24.0 Å². The summed E-state index contributed by atoms with van der Waals surface area (Å²) in [6, 6.07) is 2.93. The summed E-state index contributed by atoms with van der Waals surface area (Å²) in [4.78, 5) is 53.4. The maximum Gasteiger partial charge on any atom is 0.375 e. The highest BCUT2D eigenvalue weighted by atomic mass is 32.2. The number of aliphatic hydroxyl groups is 1. The molecule has 7 rings (SSSR count). The molecule has 11 heteroatoms. The molecule has 280 valence electrons. The Morgan fingerprint density at radius 1 is 1.08 bits per heavy atom. The minimum absolute atomic E-state index is 0.00319. The molecule has 6 aliphatic carbocycles. The lowest BCUT2D eigenvalue weighted by Gasteiger charge is -2.63. The Morgan fingerprint density at radius 3 is 2.48 bits per heavy atom. The molecule has 1 aromatic rings. The van der Waals surface area contributed by atoms with Crippen LogP contribution in [0.2, 0.25) is 0 Å². The van der Waals surface area contributed by atoms with Gasteiger partial charge in [-0.3, -0.25) is 14.4 Å². The first-order chi connectivity index (χ1) is 24.4. The Bertz CT molecular complexity index is 1810. The van der Waals surface area contributed by atoms with E-state index in [4.69, 9.17) is 13.9 Å². The summed E-state index contributed by atoms with van der Waals surface area (Å²) in [5.74, 6) is 2.00. The molecule has 6 aliphatic rings. The van der Waals surface area contributed by atoms with Crippen molar-refractivity contribution < 1.29 is 47.0 Å². The number of allylic oxidation sites excluding steroid dienone is 4. The predicted molar refractivity (Wildman–Crippen MR) is 189 cm³/mol. The van der Waals surface area contributed by atoms with Crippen molar-refractivity contribution in [2.24, 2.45) is 51.2 Å². The molecule has 0 radical (unpaired) electrons. The van der Waals surface area contributed by atoms with Crippen molar-refractivity contribution in [3.05, 3.63) is 48.0 Å². The molecule has 1 heterocycles. The van der Waals surface area contributed by atoms with Crippen molar-refractivity contribution >= 4 is 34.6 Å². The second-order valence-corrected chi connectivity index (χ2v) is 18.2. The minimum Gasteiger partial charge on any atom is -0.457 e. The van der Waals surface area contributed by atoms with Crippen molar-refractivity contribution in [2.75, 3.05) is 12.4 Å². The van der Waals surface area contributed by atoms with Gasteiger partial charge in [0.15, 0.2) is 23.7 Å². The molecule has 2 unspecified atom stereocenters. The number of carbonyl (C=O) groups is 4. The van der Waals surface area contributed by atoms with E-state index < -0.39 is 69.0 Å². The molecule has 0 amide bonds. The monoisotopic (exact) mass is 738 g/mol. The van der Waals surface area contributed by atoms with Gasteiger partial charge >= 0.3 is 11.9 Å². The maximum absolute atomic E-state index is 17.8. The number of alkyl halides is 2. The van der Waals surface area contributed by atoms with Crippen LogP contribution >= 0.6 is 11.8 Å². The van der Waals surface area contributed by atoms with Crippen LogP contribution in [0.15, 0.2) is 46.6 Å². The van der Waals surface area contributed by atoms with Crippen LogP contribution in [-0.4, -0.2) is 63.8 Å². The zero-order valence-electron chi connectivity index (χ0n) is 30.6. The Hall–Kier alpha value is -3.23. The maximum atomic E-state index is 17.8. The lowest BCUT2D eigenvalue weighted by molar-refractivity contribution is -0.221. The fourth-order valence-electron chi connectivity index (χ4n) is 11.9. The number of carbonyl (C=O) groups excluding carboxylic acids is 4. The number of rotatable bonds is 6. The van der Waals surface area contributed by atoms with E-state index in [1.807, 2.05) is 0 Å². The summed E-state index contributed by atoms with van der Waals surface area (Å²) >= 11 is 0.843. The molecule has 0 aromatic carbocycles. The fraction of sp³-hybridized carbons (Fsp3) is 0.659. The van der Waals surface area contributed by atoms with Gasteiger partial charge in [0.1, 0.15) is 6.17 Å². The van der Waals surface area contributed by atoms with Gasteiger partial charge in [-0.15, -0.1) is 0 Å². The van der Waals surface area contributed by atoms with Crippen LogP contribution in [0.1, 0.15) is 90.6 Å². The molecule has 5 saturated carbocycles. The van der Waals surface area contributed by atoms with Gasteiger partial charge in [0, 0.05) is 22.7 Å². The first kappa shape index (κ1) is 37.1. The summed E-state index contributed by atoms with van der Waals surface area (Å²) in [7, 11) is 0. The van der Waals surface area contributed by atoms with Crippen LogP contribution < -0.4 is 0 Å². The van der Waals surface area contributed by atoms with Crippen molar-refractivity contribution in [1.29, 1.82) is 0 Å². The Labute approximate surface area is 307 Å². The third kappa shape index (κ3) is 4.87. The molecule has 0 saturated heterocycles. The SMILES string of the molecule is C[C@@H]1C[C@H]2[C@@H]3C[C@H](F)C4=CC(=O)C=C[C@]4(C)[C@@]3(F)[C@@H](O)C[C@]2(C)[C@@]1(OC(=O)c1ccco1)C(=O)SCC#CCOC(=O)C1CC2CC[C@]1(C)C2(C)C. The van der Waals surface area contributed by atoms with Gasteiger partial charge in [-0.25, -0.2) is 13.6 Å². The summed E-state index contributed by atoms with van der Waals surface area (Å²) in [5, 5.41) is 11.3. The third-order valence-corrected chi connectivity index (χ3v) is 16.1. The number of thioether (sulfide) groups is 1. The first-order valence-corrected chi connectivity index (χ1v) is 19.4. The number of halogens is 2. The van der Waals surface area contributed by atoms with Crippen LogP contribution in [0.3, 0.4) is 0 Å². The van der Waals surface area contributed by atoms with Gasteiger partial charge in [0.2, 0.25) is 10.9 Å². The van der Waals surface area contributed by atoms with Crippen molar-refractivity contribution in [3.8, 4) is 11.8 Å². The highest BCUT2D eigenvalue weighted by molar-refractivity contribution is 8.14. The fourth-order valence-corrected chi connectivity index (χ4v) is 12.9. The zero-order chi connectivity index (χ0) is 37.6. The third-order valence-electron chi connectivity index (χ3n) is 15.2. The molecule has 0 aliphatic heterocycles. The van der Waals surface area contributed by atoms with Crippen LogP contribution in [0.5, 0.6) is 0 Å². The summed E-state index contributed by atoms with van der Waals surface area (Å²) < 4.78 is 50.9. The second-order valence-electron chi connectivity index (χ2n) is 17.3. The quantitative estimate of drug-likeness (QED) is 0.243. The number of fused-ring (bicyclic) bond motifs is 7. The van der Waals surface area contributed by atoms with E-state index in [1.165, 1.54) is 37.5 Å². The van der Waals surface area contributed by atoms with E-state index in [9.17, 15) is 24.3 Å². The molecule has 52 heavy (non-hydrogen) atoms. The van der Waals surface area contributed by atoms with Gasteiger partial charge in [-0.1, -0.05) is 64.3 Å².